The Morgan fingerprint density at radius 1 is 1.33 bits per heavy atom. The minimum atomic E-state index is 0.0983. The average Bonchev–Trinajstić information content (AvgIpc) is 2.56. The normalized spacial score (nSPS) is 14.7. The van der Waals surface area contributed by atoms with Crippen molar-refractivity contribution in [2.75, 3.05) is 44.2 Å². The summed E-state index contributed by atoms with van der Waals surface area (Å²) in [6, 6.07) is 5.81. The molecule has 21 heavy (non-hydrogen) atoms. The topological polar surface area (TPSA) is 63.5 Å². The van der Waals surface area contributed by atoms with E-state index in [4.69, 9.17) is 5.26 Å². The standard InChI is InChI=1S/C15H21N5O/c1-3-18(4-2)15(21)20-10-8-19(9-11-20)14-13(12-16)6-5-7-17-14/h5-7H,3-4,8-11H2,1-2H3. The molecule has 0 bridgehead atoms. The molecule has 6 nitrogen and oxygen atoms in total. The van der Waals surface area contributed by atoms with Gasteiger partial charge in [-0.25, -0.2) is 9.78 Å². The Balaban J connectivity index is 2.01. The molecule has 0 aromatic carbocycles. The fraction of sp³-hybridized carbons (Fsp3) is 0.533. The van der Waals surface area contributed by atoms with Gasteiger partial charge in [-0.05, 0) is 26.0 Å². The van der Waals surface area contributed by atoms with Crippen molar-refractivity contribution in [2.45, 2.75) is 13.8 Å². The molecule has 0 saturated carbocycles. The summed E-state index contributed by atoms with van der Waals surface area (Å²) < 4.78 is 0. The summed E-state index contributed by atoms with van der Waals surface area (Å²) in [7, 11) is 0. The molecule has 1 aromatic heterocycles. The van der Waals surface area contributed by atoms with E-state index in [0.29, 0.717) is 31.7 Å². The van der Waals surface area contributed by atoms with Crippen LogP contribution in [0.15, 0.2) is 18.3 Å². The van der Waals surface area contributed by atoms with Gasteiger partial charge >= 0.3 is 6.03 Å². The Kier molecular flexibility index (Phi) is 4.99. The first-order valence-electron chi connectivity index (χ1n) is 7.35. The van der Waals surface area contributed by atoms with E-state index in [1.807, 2.05) is 23.6 Å². The van der Waals surface area contributed by atoms with Crippen molar-refractivity contribution in [3.8, 4) is 6.07 Å². The van der Waals surface area contributed by atoms with Crippen LogP contribution >= 0.6 is 0 Å². The van der Waals surface area contributed by atoms with Crippen molar-refractivity contribution in [2.24, 2.45) is 0 Å². The maximum atomic E-state index is 12.3. The van der Waals surface area contributed by atoms with E-state index in [1.165, 1.54) is 0 Å². The minimum absolute atomic E-state index is 0.0983. The van der Waals surface area contributed by atoms with Gasteiger partial charge in [0.05, 0.1) is 5.56 Å². The van der Waals surface area contributed by atoms with Crippen molar-refractivity contribution in [3.05, 3.63) is 23.9 Å². The number of urea groups is 1. The van der Waals surface area contributed by atoms with E-state index in [9.17, 15) is 4.79 Å². The molecule has 0 N–H and O–H groups in total. The molecular weight excluding hydrogens is 266 g/mol. The summed E-state index contributed by atoms with van der Waals surface area (Å²) in [5.74, 6) is 0.718. The van der Waals surface area contributed by atoms with Crippen molar-refractivity contribution in [1.82, 2.24) is 14.8 Å². The first kappa shape index (κ1) is 15.1. The summed E-state index contributed by atoms with van der Waals surface area (Å²) in [4.78, 5) is 22.4. The number of nitriles is 1. The monoisotopic (exact) mass is 287 g/mol. The third-order valence-corrected chi connectivity index (χ3v) is 3.79. The van der Waals surface area contributed by atoms with Crippen molar-refractivity contribution < 1.29 is 4.79 Å². The number of carbonyl (C=O) groups is 1. The SMILES string of the molecule is CCN(CC)C(=O)N1CCN(c2ncccc2C#N)CC1. The Hall–Kier alpha value is -2.29. The lowest BCUT2D eigenvalue weighted by Gasteiger charge is -2.37. The van der Waals surface area contributed by atoms with E-state index >= 15 is 0 Å². The van der Waals surface area contributed by atoms with E-state index in [1.54, 1.807) is 18.3 Å². The Bertz CT molecular complexity index is 527. The molecule has 1 aromatic rings. The van der Waals surface area contributed by atoms with Crippen molar-refractivity contribution in [1.29, 1.82) is 5.26 Å². The van der Waals surface area contributed by atoms with Crippen LogP contribution in [0.3, 0.4) is 0 Å². The summed E-state index contributed by atoms with van der Waals surface area (Å²) >= 11 is 0. The first-order valence-corrected chi connectivity index (χ1v) is 7.35. The average molecular weight is 287 g/mol. The van der Waals surface area contributed by atoms with Gasteiger partial charge in [-0.2, -0.15) is 5.26 Å². The van der Waals surface area contributed by atoms with Gasteiger partial charge in [0.2, 0.25) is 0 Å². The third-order valence-electron chi connectivity index (χ3n) is 3.79. The van der Waals surface area contributed by atoms with E-state index in [0.717, 1.165) is 18.9 Å². The highest BCUT2D eigenvalue weighted by molar-refractivity contribution is 5.74. The largest absolute Gasteiger partial charge is 0.352 e. The zero-order valence-corrected chi connectivity index (χ0v) is 12.6. The molecular formula is C15H21N5O. The van der Waals surface area contributed by atoms with Crippen LogP contribution in [0.2, 0.25) is 0 Å². The molecule has 0 atom stereocenters. The van der Waals surface area contributed by atoms with Gasteiger partial charge in [-0.1, -0.05) is 0 Å². The summed E-state index contributed by atoms with van der Waals surface area (Å²) in [5.41, 5.74) is 0.584. The highest BCUT2D eigenvalue weighted by Crippen LogP contribution is 2.18. The fourth-order valence-corrected chi connectivity index (χ4v) is 2.54. The van der Waals surface area contributed by atoms with Crippen LogP contribution in [0.5, 0.6) is 0 Å². The third kappa shape index (κ3) is 3.24. The highest BCUT2D eigenvalue weighted by atomic mass is 16.2. The second kappa shape index (κ2) is 6.93. The number of hydrogen-bond acceptors (Lipinski definition) is 4. The number of amides is 2. The smallest absolute Gasteiger partial charge is 0.320 e. The van der Waals surface area contributed by atoms with Gasteiger partial charge in [0.25, 0.3) is 0 Å². The summed E-state index contributed by atoms with van der Waals surface area (Å²) in [5, 5.41) is 9.14. The number of piperazine rings is 1. The van der Waals surface area contributed by atoms with Crippen LogP contribution in [0.25, 0.3) is 0 Å². The molecule has 1 aliphatic rings. The van der Waals surface area contributed by atoms with Gasteiger partial charge in [0, 0.05) is 45.5 Å². The molecule has 0 radical (unpaired) electrons. The molecule has 2 rings (SSSR count). The van der Waals surface area contributed by atoms with Crippen LogP contribution in [-0.4, -0.2) is 60.1 Å². The van der Waals surface area contributed by atoms with E-state index < -0.39 is 0 Å². The number of anilines is 1. The zero-order valence-electron chi connectivity index (χ0n) is 12.6. The lowest BCUT2D eigenvalue weighted by Crippen LogP contribution is -2.53. The Labute approximate surface area is 125 Å². The number of nitrogens with zero attached hydrogens (tertiary/aromatic N) is 5. The van der Waals surface area contributed by atoms with Crippen LogP contribution in [0, 0.1) is 11.3 Å². The van der Waals surface area contributed by atoms with Crippen LogP contribution in [-0.2, 0) is 0 Å². The molecule has 0 aliphatic carbocycles. The molecule has 0 unspecified atom stereocenters. The van der Waals surface area contributed by atoms with Crippen LogP contribution in [0.1, 0.15) is 19.4 Å². The quantitative estimate of drug-likeness (QED) is 0.846. The molecule has 6 heteroatoms. The summed E-state index contributed by atoms with van der Waals surface area (Å²) in [6.07, 6.45) is 1.70. The summed E-state index contributed by atoms with van der Waals surface area (Å²) in [6.45, 7) is 8.18. The number of carbonyl (C=O) groups excluding carboxylic acids is 1. The molecule has 1 saturated heterocycles. The maximum Gasteiger partial charge on any atom is 0.320 e. The molecule has 1 aliphatic heterocycles. The number of aromatic nitrogens is 1. The van der Waals surface area contributed by atoms with Gasteiger partial charge in [0.15, 0.2) is 0 Å². The fourth-order valence-electron chi connectivity index (χ4n) is 2.54. The van der Waals surface area contributed by atoms with Crippen molar-refractivity contribution in [3.63, 3.8) is 0 Å². The number of pyridine rings is 1. The lowest BCUT2D eigenvalue weighted by molar-refractivity contribution is 0.154. The lowest BCUT2D eigenvalue weighted by atomic mass is 10.2. The Morgan fingerprint density at radius 2 is 2.00 bits per heavy atom. The van der Waals surface area contributed by atoms with Crippen LogP contribution in [0.4, 0.5) is 10.6 Å². The number of rotatable bonds is 3. The molecule has 2 heterocycles. The second-order valence-corrected chi connectivity index (χ2v) is 4.92. The predicted octanol–water partition coefficient (Wildman–Crippen LogP) is 1.54. The Morgan fingerprint density at radius 3 is 2.57 bits per heavy atom. The van der Waals surface area contributed by atoms with Gasteiger partial charge in [0.1, 0.15) is 11.9 Å². The molecule has 2 amide bonds. The van der Waals surface area contributed by atoms with Crippen molar-refractivity contribution >= 4 is 11.8 Å². The minimum Gasteiger partial charge on any atom is -0.352 e. The van der Waals surface area contributed by atoms with Gasteiger partial charge in [-0.3, -0.25) is 0 Å². The molecule has 112 valence electrons. The van der Waals surface area contributed by atoms with Gasteiger partial charge in [-0.15, -0.1) is 0 Å². The van der Waals surface area contributed by atoms with E-state index in [2.05, 4.69) is 16.0 Å². The highest BCUT2D eigenvalue weighted by Gasteiger charge is 2.25. The van der Waals surface area contributed by atoms with E-state index in [-0.39, 0.29) is 6.03 Å². The molecule has 1 fully saturated rings. The zero-order chi connectivity index (χ0) is 15.2. The van der Waals surface area contributed by atoms with Crippen LogP contribution < -0.4 is 4.90 Å². The predicted molar refractivity (Wildman–Crippen MR) is 81.1 cm³/mol. The first-order chi connectivity index (χ1) is 10.2. The second-order valence-electron chi connectivity index (χ2n) is 4.92. The number of hydrogen-bond donors (Lipinski definition) is 0. The molecule has 0 spiro atoms. The van der Waals surface area contributed by atoms with Gasteiger partial charge < -0.3 is 14.7 Å². The maximum absolute atomic E-state index is 12.3.